The summed E-state index contributed by atoms with van der Waals surface area (Å²) in [5, 5.41) is 0. The van der Waals surface area contributed by atoms with Gasteiger partial charge in [-0.05, 0) is 33.6 Å². The van der Waals surface area contributed by atoms with E-state index in [9.17, 15) is 8.94 Å². The number of hydrogen-bond acceptors (Lipinski definition) is 2. The lowest BCUT2D eigenvalue weighted by Gasteiger charge is -2.09. The number of nitrogens with one attached hydrogen (secondary N) is 1. The van der Waals surface area contributed by atoms with Crippen molar-refractivity contribution in [1.29, 1.82) is 0 Å². The molecule has 0 saturated carbocycles. The molecule has 0 aliphatic carbocycles. The summed E-state index contributed by atoms with van der Waals surface area (Å²) in [6.07, 6.45) is 0.799. The smallest absolute Gasteiger partial charge is 0.137 e. The van der Waals surface area contributed by atoms with Gasteiger partial charge in [0.1, 0.15) is 11.6 Å². The third kappa shape index (κ3) is 2.11. The first kappa shape index (κ1) is 10.4. The lowest BCUT2D eigenvalue weighted by Crippen LogP contribution is -2.19. The fourth-order valence-electron chi connectivity index (χ4n) is 1.47. The highest BCUT2D eigenvalue weighted by molar-refractivity contribution is 9.10. The second-order valence-corrected chi connectivity index (χ2v) is 5.37. The van der Waals surface area contributed by atoms with Crippen LogP contribution in [0.5, 0.6) is 0 Å². The Kier molecular flexibility index (Phi) is 3.11. The van der Waals surface area contributed by atoms with Crippen LogP contribution in [0, 0.1) is 5.82 Å². The van der Waals surface area contributed by atoms with Gasteiger partial charge < -0.3 is 4.55 Å². The SMILES string of the molecule is [O-][S+]1CCC(c2ccc(Br)c(F)c2)N1. The molecule has 0 spiro atoms. The van der Waals surface area contributed by atoms with E-state index >= 15 is 0 Å². The summed E-state index contributed by atoms with van der Waals surface area (Å²) in [5.41, 5.74) is 0.858. The molecule has 0 bridgehead atoms. The van der Waals surface area contributed by atoms with Gasteiger partial charge in [-0.1, -0.05) is 6.07 Å². The van der Waals surface area contributed by atoms with Gasteiger partial charge in [0.2, 0.25) is 0 Å². The van der Waals surface area contributed by atoms with Crippen molar-refractivity contribution in [3.8, 4) is 0 Å². The van der Waals surface area contributed by atoms with Gasteiger partial charge in [0, 0.05) is 17.8 Å². The van der Waals surface area contributed by atoms with Gasteiger partial charge >= 0.3 is 0 Å². The minimum atomic E-state index is -0.950. The van der Waals surface area contributed by atoms with E-state index in [-0.39, 0.29) is 11.9 Å². The molecule has 0 radical (unpaired) electrons. The van der Waals surface area contributed by atoms with Crippen molar-refractivity contribution in [1.82, 2.24) is 4.72 Å². The zero-order valence-electron chi connectivity index (χ0n) is 7.30. The summed E-state index contributed by atoms with van der Waals surface area (Å²) in [4.78, 5) is 0. The van der Waals surface area contributed by atoms with Crippen molar-refractivity contribution in [3.63, 3.8) is 0 Å². The third-order valence-electron chi connectivity index (χ3n) is 2.21. The van der Waals surface area contributed by atoms with Crippen LogP contribution in [-0.4, -0.2) is 10.3 Å². The summed E-state index contributed by atoms with van der Waals surface area (Å²) < 4.78 is 27.6. The Bertz CT molecular complexity index is 350. The maximum absolute atomic E-state index is 13.2. The van der Waals surface area contributed by atoms with E-state index in [4.69, 9.17) is 0 Å². The molecule has 1 aliphatic rings. The largest absolute Gasteiger partial charge is 0.598 e. The molecule has 0 amide bonds. The average Bonchev–Trinajstić information content (AvgIpc) is 2.57. The van der Waals surface area contributed by atoms with E-state index in [1.807, 2.05) is 6.07 Å². The number of hydrogen-bond donors (Lipinski definition) is 1. The Hall–Kier alpha value is -0.100. The van der Waals surface area contributed by atoms with E-state index in [0.717, 1.165) is 12.0 Å². The second-order valence-electron chi connectivity index (χ2n) is 3.18. The molecule has 2 unspecified atom stereocenters. The van der Waals surface area contributed by atoms with Crippen LogP contribution in [0.3, 0.4) is 0 Å². The Morgan fingerprint density at radius 1 is 1.57 bits per heavy atom. The van der Waals surface area contributed by atoms with Crippen molar-refractivity contribution in [2.45, 2.75) is 12.5 Å². The number of benzene rings is 1. The molecule has 76 valence electrons. The summed E-state index contributed by atoms with van der Waals surface area (Å²) in [5.74, 6) is 0.365. The van der Waals surface area contributed by atoms with Gasteiger partial charge in [-0.25, -0.2) is 4.39 Å². The van der Waals surface area contributed by atoms with Crippen LogP contribution in [0.1, 0.15) is 18.0 Å². The van der Waals surface area contributed by atoms with Gasteiger partial charge in [-0.3, -0.25) is 0 Å². The predicted octanol–water partition coefficient (Wildman–Crippen LogP) is 2.29. The number of rotatable bonds is 1. The first-order valence-electron chi connectivity index (χ1n) is 4.26. The lowest BCUT2D eigenvalue weighted by molar-refractivity contribution is 0.581. The van der Waals surface area contributed by atoms with E-state index in [2.05, 4.69) is 20.7 Å². The molecule has 1 aromatic rings. The van der Waals surface area contributed by atoms with Gasteiger partial charge in [0.15, 0.2) is 0 Å². The normalized spacial score (nSPS) is 26.8. The Morgan fingerprint density at radius 2 is 2.36 bits per heavy atom. The van der Waals surface area contributed by atoms with Crippen molar-refractivity contribution in [3.05, 3.63) is 34.1 Å². The van der Waals surface area contributed by atoms with Crippen molar-refractivity contribution < 1.29 is 8.94 Å². The van der Waals surface area contributed by atoms with Crippen LogP contribution in [0.2, 0.25) is 0 Å². The zero-order valence-corrected chi connectivity index (χ0v) is 9.70. The van der Waals surface area contributed by atoms with E-state index in [1.165, 1.54) is 6.07 Å². The van der Waals surface area contributed by atoms with Crippen LogP contribution >= 0.6 is 15.9 Å². The summed E-state index contributed by atoms with van der Waals surface area (Å²) in [6, 6.07) is 5.02. The van der Waals surface area contributed by atoms with Crippen LogP contribution in [-0.2, 0) is 11.4 Å². The minimum absolute atomic E-state index is 0.0263. The molecule has 5 heteroatoms. The molecular weight excluding hydrogens is 269 g/mol. The predicted molar refractivity (Wildman–Crippen MR) is 57.6 cm³/mol. The number of halogens is 2. The average molecular weight is 278 g/mol. The van der Waals surface area contributed by atoms with Crippen LogP contribution < -0.4 is 4.72 Å². The van der Waals surface area contributed by atoms with Crippen LogP contribution in [0.25, 0.3) is 0 Å². The molecule has 14 heavy (non-hydrogen) atoms. The summed E-state index contributed by atoms with van der Waals surface area (Å²) in [7, 11) is 0. The quantitative estimate of drug-likeness (QED) is 0.800. The van der Waals surface area contributed by atoms with Gasteiger partial charge in [-0.2, -0.15) is 0 Å². The minimum Gasteiger partial charge on any atom is -0.598 e. The summed E-state index contributed by atoms with van der Waals surface area (Å²) >= 11 is 2.14. The molecule has 2 nitrogen and oxygen atoms in total. The molecule has 1 fully saturated rings. The van der Waals surface area contributed by atoms with Gasteiger partial charge in [-0.15, -0.1) is 4.72 Å². The molecule has 1 aliphatic heterocycles. The topological polar surface area (TPSA) is 35.1 Å². The molecule has 1 N–H and O–H groups in total. The fraction of sp³-hybridized carbons (Fsp3) is 0.333. The molecule has 1 heterocycles. The summed E-state index contributed by atoms with van der Waals surface area (Å²) in [6.45, 7) is 0. The van der Waals surface area contributed by atoms with Crippen molar-refractivity contribution in [2.75, 3.05) is 5.75 Å². The molecule has 1 saturated heterocycles. The molecule has 2 atom stereocenters. The van der Waals surface area contributed by atoms with Crippen molar-refractivity contribution in [2.24, 2.45) is 0 Å². The highest BCUT2D eigenvalue weighted by Crippen LogP contribution is 2.26. The van der Waals surface area contributed by atoms with Crippen molar-refractivity contribution >= 4 is 27.3 Å². The van der Waals surface area contributed by atoms with E-state index in [1.54, 1.807) is 6.07 Å². The van der Waals surface area contributed by atoms with Crippen LogP contribution in [0.4, 0.5) is 4.39 Å². The first-order chi connectivity index (χ1) is 6.66. The molecular formula is C9H9BrFNOS. The first-order valence-corrected chi connectivity index (χ1v) is 6.37. The molecule has 0 aromatic heterocycles. The van der Waals surface area contributed by atoms with Crippen LogP contribution in [0.15, 0.2) is 22.7 Å². The monoisotopic (exact) mass is 277 g/mol. The highest BCUT2D eigenvalue weighted by Gasteiger charge is 2.27. The third-order valence-corrected chi connectivity index (χ3v) is 4.01. The van der Waals surface area contributed by atoms with Gasteiger partial charge in [0.05, 0.1) is 10.5 Å². The van der Waals surface area contributed by atoms with E-state index in [0.29, 0.717) is 10.2 Å². The lowest BCUT2D eigenvalue weighted by atomic mass is 10.1. The maximum Gasteiger partial charge on any atom is 0.137 e. The fourth-order valence-corrected chi connectivity index (χ4v) is 2.85. The van der Waals surface area contributed by atoms with Gasteiger partial charge in [0.25, 0.3) is 0 Å². The second kappa shape index (κ2) is 4.18. The Morgan fingerprint density at radius 3 is 2.93 bits per heavy atom. The molecule has 1 aromatic carbocycles. The molecule has 2 rings (SSSR count). The zero-order chi connectivity index (χ0) is 10.1. The highest BCUT2D eigenvalue weighted by atomic mass is 79.9. The Balaban J connectivity index is 2.20. The Labute approximate surface area is 93.3 Å². The van der Waals surface area contributed by atoms with E-state index < -0.39 is 11.4 Å². The standard InChI is InChI=1S/C9H9BrFNOS/c10-7-2-1-6(5-8(7)11)9-3-4-14(13)12-9/h1-2,5,9,12H,3-4H2. The maximum atomic E-state index is 13.2.